The Kier molecular flexibility index (Phi) is 7.91. The van der Waals surface area contributed by atoms with E-state index in [1.807, 2.05) is 42.2 Å². The maximum atomic E-state index is 13.4. The molecule has 2 saturated heterocycles. The third kappa shape index (κ3) is 5.58. The van der Waals surface area contributed by atoms with Crippen LogP contribution in [0.3, 0.4) is 0 Å². The lowest BCUT2D eigenvalue weighted by Gasteiger charge is -2.49. The quantitative estimate of drug-likeness (QED) is 0.267. The summed E-state index contributed by atoms with van der Waals surface area (Å²) in [6, 6.07) is 18.1. The molecule has 0 N–H and O–H groups in total. The van der Waals surface area contributed by atoms with Crippen LogP contribution in [0.4, 0.5) is 0 Å². The van der Waals surface area contributed by atoms with Crippen LogP contribution in [0.1, 0.15) is 55.5 Å². The normalized spacial score (nSPS) is 19.2. The Morgan fingerprint density at radius 2 is 1.76 bits per heavy atom. The number of pyridine rings is 1. The first-order valence-electron chi connectivity index (χ1n) is 13.3. The fourth-order valence-corrected chi connectivity index (χ4v) is 6.04. The van der Waals surface area contributed by atoms with Crippen molar-refractivity contribution < 1.29 is 9.63 Å². The van der Waals surface area contributed by atoms with Crippen LogP contribution in [0.15, 0.2) is 70.4 Å². The van der Waals surface area contributed by atoms with Crippen LogP contribution in [0.5, 0.6) is 0 Å². The van der Waals surface area contributed by atoms with Crippen molar-refractivity contribution in [2.24, 2.45) is 11.1 Å². The van der Waals surface area contributed by atoms with Crippen LogP contribution < -0.4 is 0 Å². The standard InChI is InChI=1S/C30H35BrN4O2/c1-3-37-33-28(22-8-10-24(31)11-9-22)23-13-18-35(19-14-23)30(2)15-20-34(21-16-30)29(36)26-12-17-32-27-7-5-4-6-25(26)27/h4-12,17,23H,3,13-16,18-21H2,1-2H3. The highest BCUT2D eigenvalue weighted by Crippen LogP contribution is 2.34. The Hall–Kier alpha value is -2.77. The minimum atomic E-state index is 0.108. The molecule has 194 valence electrons. The van der Waals surface area contributed by atoms with E-state index in [4.69, 9.17) is 4.84 Å². The number of carbonyl (C=O) groups is 1. The molecule has 37 heavy (non-hydrogen) atoms. The largest absolute Gasteiger partial charge is 0.396 e. The van der Waals surface area contributed by atoms with Crippen LogP contribution in [0.2, 0.25) is 0 Å². The van der Waals surface area contributed by atoms with Crippen molar-refractivity contribution in [2.45, 2.75) is 45.1 Å². The number of benzene rings is 2. The predicted octanol–water partition coefficient (Wildman–Crippen LogP) is 6.14. The van der Waals surface area contributed by atoms with E-state index in [9.17, 15) is 4.79 Å². The van der Waals surface area contributed by atoms with Crippen molar-refractivity contribution in [1.82, 2.24) is 14.8 Å². The minimum Gasteiger partial charge on any atom is -0.396 e. The molecule has 3 heterocycles. The van der Waals surface area contributed by atoms with Gasteiger partial charge in [-0.1, -0.05) is 51.4 Å². The molecule has 0 unspecified atom stereocenters. The second kappa shape index (κ2) is 11.3. The zero-order chi connectivity index (χ0) is 25.8. The lowest BCUT2D eigenvalue weighted by molar-refractivity contribution is 0.0162. The fourth-order valence-electron chi connectivity index (χ4n) is 5.77. The number of rotatable bonds is 6. The van der Waals surface area contributed by atoms with Gasteiger partial charge < -0.3 is 9.74 Å². The van der Waals surface area contributed by atoms with Crippen LogP contribution in [-0.2, 0) is 4.84 Å². The summed E-state index contributed by atoms with van der Waals surface area (Å²) in [5.74, 6) is 0.500. The molecule has 2 aliphatic rings. The number of piperidine rings is 2. The molecule has 7 heteroatoms. The van der Waals surface area contributed by atoms with Gasteiger partial charge in [-0.25, -0.2) is 0 Å². The highest BCUT2D eigenvalue weighted by molar-refractivity contribution is 9.10. The molecule has 0 spiro atoms. The van der Waals surface area contributed by atoms with E-state index in [1.165, 1.54) is 0 Å². The number of halogens is 1. The highest BCUT2D eigenvalue weighted by Gasteiger charge is 2.39. The number of amides is 1. The molecule has 6 nitrogen and oxygen atoms in total. The van der Waals surface area contributed by atoms with E-state index < -0.39 is 0 Å². The van der Waals surface area contributed by atoms with Gasteiger partial charge in [-0.05, 0) is 82.4 Å². The first-order valence-corrected chi connectivity index (χ1v) is 14.1. The summed E-state index contributed by atoms with van der Waals surface area (Å²) in [4.78, 5) is 28.0. The first kappa shape index (κ1) is 25.9. The second-order valence-electron chi connectivity index (χ2n) is 10.3. The van der Waals surface area contributed by atoms with E-state index >= 15 is 0 Å². The topological polar surface area (TPSA) is 58.0 Å². The Morgan fingerprint density at radius 3 is 2.46 bits per heavy atom. The number of aromatic nitrogens is 1. The van der Waals surface area contributed by atoms with Gasteiger partial charge in [0.2, 0.25) is 0 Å². The Balaban J connectivity index is 1.21. The van der Waals surface area contributed by atoms with Crippen molar-refractivity contribution in [1.29, 1.82) is 0 Å². The van der Waals surface area contributed by atoms with Gasteiger partial charge in [0.15, 0.2) is 0 Å². The van der Waals surface area contributed by atoms with Gasteiger partial charge in [0.05, 0.1) is 16.8 Å². The average Bonchev–Trinajstić information content (AvgIpc) is 2.94. The predicted molar refractivity (Wildman–Crippen MR) is 152 cm³/mol. The summed E-state index contributed by atoms with van der Waals surface area (Å²) in [6.45, 7) is 8.55. The summed E-state index contributed by atoms with van der Waals surface area (Å²) >= 11 is 3.53. The molecule has 5 rings (SSSR count). The Bertz CT molecular complexity index is 1250. The molecule has 2 aliphatic heterocycles. The van der Waals surface area contributed by atoms with Crippen molar-refractivity contribution in [3.63, 3.8) is 0 Å². The van der Waals surface area contributed by atoms with Gasteiger partial charge in [-0.3, -0.25) is 14.7 Å². The van der Waals surface area contributed by atoms with Crippen LogP contribution in [0, 0.1) is 5.92 Å². The van der Waals surface area contributed by atoms with E-state index in [-0.39, 0.29) is 11.4 Å². The zero-order valence-corrected chi connectivity index (χ0v) is 23.3. The molecule has 0 aliphatic carbocycles. The summed E-state index contributed by atoms with van der Waals surface area (Å²) in [6.07, 6.45) is 5.83. The van der Waals surface area contributed by atoms with Crippen molar-refractivity contribution >= 4 is 38.5 Å². The minimum absolute atomic E-state index is 0.108. The molecular weight excluding hydrogens is 528 g/mol. The molecule has 3 aromatic rings. The molecule has 1 aromatic heterocycles. The average molecular weight is 564 g/mol. The van der Waals surface area contributed by atoms with Gasteiger partial charge in [-0.2, -0.15) is 0 Å². The summed E-state index contributed by atoms with van der Waals surface area (Å²) in [5.41, 5.74) is 3.93. The van der Waals surface area contributed by atoms with Crippen LogP contribution in [0.25, 0.3) is 10.9 Å². The van der Waals surface area contributed by atoms with Gasteiger partial charge >= 0.3 is 0 Å². The van der Waals surface area contributed by atoms with Crippen LogP contribution >= 0.6 is 15.9 Å². The highest BCUT2D eigenvalue weighted by atomic mass is 79.9. The second-order valence-corrected chi connectivity index (χ2v) is 11.2. The molecule has 2 aromatic carbocycles. The maximum absolute atomic E-state index is 13.4. The molecule has 2 fully saturated rings. The van der Waals surface area contributed by atoms with Crippen LogP contribution in [-0.4, -0.2) is 64.7 Å². The Morgan fingerprint density at radius 1 is 1.05 bits per heavy atom. The summed E-state index contributed by atoms with van der Waals surface area (Å²) in [7, 11) is 0. The molecule has 0 saturated carbocycles. The number of oxime groups is 1. The maximum Gasteiger partial charge on any atom is 0.254 e. The van der Waals surface area contributed by atoms with E-state index in [2.05, 4.69) is 62.2 Å². The number of hydrogen-bond acceptors (Lipinski definition) is 5. The molecule has 0 bridgehead atoms. The van der Waals surface area contributed by atoms with E-state index in [0.717, 1.165) is 84.1 Å². The number of carbonyl (C=O) groups excluding carboxylic acids is 1. The lowest BCUT2D eigenvalue weighted by atomic mass is 9.82. The fraction of sp³-hybridized carbons (Fsp3) is 0.433. The smallest absolute Gasteiger partial charge is 0.254 e. The third-order valence-electron chi connectivity index (χ3n) is 8.08. The van der Waals surface area contributed by atoms with Crippen molar-refractivity contribution in [3.05, 3.63) is 76.4 Å². The van der Waals surface area contributed by atoms with Gasteiger partial charge in [-0.15, -0.1) is 0 Å². The van der Waals surface area contributed by atoms with E-state index in [0.29, 0.717) is 12.5 Å². The van der Waals surface area contributed by atoms with Gasteiger partial charge in [0.1, 0.15) is 6.61 Å². The summed E-state index contributed by atoms with van der Waals surface area (Å²) in [5, 5.41) is 5.47. The van der Waals surface area contributed by atoms with Gasteiger partial charge in [0.25, 0.3) is 5.91 Å². The van der Waals surface area contributed by atoms with E-state index in [1.54, 1.807) is 6.20 Å². The third-order valence-corrected chi connectivity index (χ3v) is 8.61. The number of fused-ring (bicyclic) bond motifs is 1. The number of para-hydroxylation sites is 1. The molecule has 0 radical (unpaired) electrons. The van der Waals surface area contributed by atoms with Gasteiger partial charge in [0, 0.05) is 40.6 Å². The molecule has 0 atom stereocenters. The summed E-state index contributed by atoms with van der Waals surface area (Å²) < 4.78 is 1.07. The number of nitrogens with zero attached hydrogens (tertiary/aromatic N) is 4. The first-order chi connectivity index (χ1) is 18.0. The number of likely N-dealkylation sites (tertiary alicyclic amines) is 2. The monoisotopic (exact) mass is 562 g/mol. The SMILES string of the molecule is CCON=C(c1ccc(Br)cc1)C1CCN(C2(C)CCN(C(=O)c3ccnc4ccccc34)CC2)CC1. The molecule has 1 amide bonds. The zero-order valence-electron chi connectivity index (χ0n) is 21.7. The van der Waals surface area contributed by atoms with Crippen molar-refractivity contribution in [3.8, 4) is 0 Å². The number of hydrogen-bond donors (Lipinski definition) is 0. The Labute approximate surface area is 227 Å². The lowest BCUT2D eigenvalue weighted by Crippen LogP contribution is -2.56. The molecular formula is C30H35BrN4O2. The van der Waals surface area contributed by atoms with Crippen molar-refractivity contribution in [2.75, 3.05) is 32.8 Å².